The zero-order chi connectivity index (χ0) is 27.1. The molecule has 0 spiro atoms. The van der Waals surface area contributed by atoms with Gasteiger partial charge in [0.25, 0.3) is 5.56 Å². The van der Waals surface area contributed by atoms with Crippen molar-refractivity contribution in [2.24, 2.45) is 14.1 Å². The van der Waals surface area contributed by atoms with Crippen LogP contribution in [-0.2, 0) is 30.2 Å². The van der Waals surface area contributed by atoms with E-state index in [1.54, 1.807) is 13.4 Å². The second-order valence-corrected chi connectivity index (χ2v) is 10.9. The average molecular weight is 564 g/mol. The Labute approximate surface area is 238 Å². The van der Waals surface area contributed by atoms with Crippen molar-refractivity contribution in [3.05, 3.63) is 99.0 Å². The van der Waals surface area contributed by atoms with E-state index in [1.807, 2.05) is 65.2 Å². The van der Waals surface area contributed by atoms with E-state index in [1.165, 1.54) is 16.5 Å². The Morgan fingerprint density at radius 2 is 1.52 bits per heavy atom. The minimum absolute atomic E-state index is 0. The predicted molar refractivity (Wildman–Crippen MR) is 147 cm³/mol. The molecule has 0 amide bonds. The van der Waals surface area contributed by atoms with Crippen LogP contribution in [0.15, 0.2) is 76.6 Å². The smallest absolute Gasteiger partial charge is 0.332 e. The molecule has 2 bridgehead atoms. The summed E-state index contributed by atoms with van der Waals surface area (Å²) >= 11 is 0. The fraction of sp³-hybridized carbons (Fsp3) is 0.400. The SMILES string of the molecule is Cn1c(=O)c2c(ncn2CC[NH+]2C3CCC2CC(OC(=O)C(c2ccccc2)c2ccccc2)C3)n(C)c1=O.[Cl-]. The van der Waals surface area contributed by atoms with E-state index in [9.17, 15) is 14.4 Å². The molecule has 0 radical (unpaired) electrons. The number of carbonyl (C=O) groups excluding carboxylic acids is 1. The lowest BCUT2D eigenvalue weighted by molar-refractivity contribution is -0.942. The maximum atomic E-state index is 13.5. The molecule has 2 aliphatic heterocycles. The van der Waals surface area contributed by atoms with Gasteiger partial charge < -0.3 is 26.6 Å². The molecule has 2 unspecified atom stereocenters. The van der Waals surface area contributed by atoms with Gasteiger partial charge in [-0.05, 0) is 11.1 Å². The maximum absolute atomic E-state index is 13.5. The number of nitrogens with zero attached hydrogens (tertiary/aromatic N) is 4. The minimum atomic E-state index is -0.441. The van der Waals surface area contributed by atoms with Crippen LogP contribution in [0.2, 0.25) is 0 Å². The fourth-order valence-electron chi connectivity index (χ4n) is 6.68. The number of ether oxygens (including phenoxy) is 1. The lowest BCUT2D eigenvalue weighted by Gasteiger charge is -2.36. The molecule has 4 heterocycles. The molecule has 210 valence electrons. The monoisotopic (exact) mass is 563 g/mol. The quantitative estimate of drug-likeness (QED) is 0.273. The Morgan fingerprint density at radius 1 is 0.950 bits per heavy atom. The molecule has 0 aliphatic carbocycles. The number of esters is 1. The first kappa shape index (κ1) is 27.9. The van der Waals surface area contributed by atoms with Crippen LogP contribution in [0.4, 0.5) is 0 Å². The van der Waals surface area contributed by atoms with E-state index in [4.69, 9.17) is 4.74 Å². The van der Waals surface area contributed by atoms with Crippen LogP contribution in [0.3, 0.4) is 0 Å². The van der Waals surface area contributed by atoms with Crippen molar-refractivity contribution in [1.29, 1.82) is 0 Å². The van der Waals surface area contributed by atoms with Gasteiger partial charge in [0, 0.05) is 39.8 Å². The third-order valence-electron chi connectivity index (χ3n) is 8.65. The minimum Gasteiger partial charge on any atom is -1.00 e. The standard InChI is InChI=1S/C30H33N5O4.ClH/c1-32-27-26(28(36)33(2)30(32)38)34(19-31-27)15-16-35-22-13-14-23(35)18-24(17-22)39-29(37)25(20-9-5-3-6-10-20)21-11-7-4-8-12-21;/h3-12,19,22-25H,13-18H2,1-2H3;1H. The number of quaternary nitrogens is 1. The molecule has 10 heteroatoms. The van der Waals surface area contributed by atoms with E-state index in [0.29, 0.717) is 29.8 Å². The zero-order valence-corrected chi connectivity index (χ0v) is 23.5. The summed E-state index contributed by atoms with van der Waals surface area (Å²) in [6.07, 6.45) is 5.47. The van der Waals surface area contributed by atoms with Gasteiger partial charge in [-0.3, -0.25) is 18.7 Å². The second-order valence-electron chi connectivity index (χ2n) is 10.9. The van der Waals surface area contributed by atoms with Gasteiger partial charge in [-0.2, -0.15) is 0 Å². The van der Waals surface area contributed by atoms with Crippen molar-refractivity contribution in [3.63, 3.8) is 0 Å². The van der Waals surface area contributed by atoms with Gasteiger partial charge in [-0.1, -0.05) is 60.7 Å². The van der Waals surface area contributed by atoms with E-state index in [0.717, 1.165) is 47.9 Å². The van der Waals surface area contributed by atoms with Crippen LogP contribution in [0.1, 0.15) is 42.7 Å². The van der Waals surface area contributed by atoms with Crippen LogP contribution < -0.4 is 28.6 Å². The maximum Gasteiger partial charge on any atom is 0.332 e. The number of fused-ring (bicyclic) bond motifs is 3. The number of hydrogen-bond acceptors (Lipinski definition) is 5. The third-order valence-corrected chi connectivity index (χ3v) is 8.65. The van der Waals surface area contributed by atoms with E-state index >= 15 is 0 Å². The fourth-order valence-corrected chi connectivity index (χ4v) is 6.68. The molecular weight excluding hydrogens is 530 g/mol. The first-order valence-corrected chi connectivity index (χ1v) is 13.7. The average Bonchev–Trinajstić information content (AvgIpc) is 3.48. The molecule has 2 aromatic carbocycles. The van der Waals surface area contributed by atoms with Crippen molar-refractivity contribution >= 4 is 17.1 Å². The highest BCUT2D eigenvalue weighted by Crippen LogP contribution is 2.30. The molecule has 2 atom stereocenters. The summed E-state index contributed by atoms with van der Waals surface area (Å²) in [5.74, 6) is -0.630. The molecular formula is C30H34ClN5O4. The summed E-state index contributed by atoms with van der Waals surface area (Å²) in [5.41, 5.74) is 2.06. The molecule has 40 heavy (non-hydrogen) atoms. The van der Waals surface area contributed by atoms with E-state index in [-0.39, 0.29) is 35.7 Å². The highest BCUT2D eigenvalue weighted by Gasteiger charge is 2.46. The number of aromatic nitrogens is 4. The van der Waals surface area contributed by atoms with Crippen molar-refractivity contribution in [2.45, 2.75) is 56.3 Å². The Bertz CT molecular complexity index is 1560. The topological polar surface area (TPSA) is 92.6 Å². The number of carbonyl (C=O) groups is 1. The predicted octanol–water partition coefficient (Wildman–Crippen LogP) is -1.61. The van der Waals surface area contributed by atoms with Gasteiger partial charge in [0.05, 0.1) is 31.5 Å². The number of benzene rings is 2. The molecule has 2 saturated heterocycles. The Morgan fingerprint density at radius 3 is 2.10 bits per heavy atom. The molecule has 4 aromatic rings. The van der Waals surface area contributed by atoms with Gasteiger partial charge >= 0.3 is 11.7 Å². The number of rotatable bonds is 7. The van der Waals surface area contributed by atoms with Crippen LogP contribution in [0.5, 0.6) is 0 Å². The molecule has 6 rings (SSSR count). The summed E-state index contributed by atoms with van der Waals surface area (Å²) in [5, 5.41) is 0. The van der Waals surface area contributed by atoms with Gasteiger partial charge in [-0.25, -0.2) is 9.78 Å². The molecule has 9 nitrogen and oxygen atoms in total. The normalized spacial score (nSPS) is 21.9. The summed E-state index contributed by atoms with van der Waals surface area (Å²) in [4.78, 5) is 44.5. The zero-order valence-electron chi connectivity index (χ0n) is 22.7. The number of nitrogens with one attached hydrogen (secondary N) is 1. The second kappa shape index (κ2) is 11.4. The van der Waals surface area contributed by atoms with Crippen molar-refractivity contribution < 1.29 is 26.8 Å². The van der Waals surface area contributed by atoms with Gasteiger partial charge in [0.1, 0.15) is 12.0 Å². The van der Waals surface area contributed by atoms with Crippen molar-refractivity contribution in [1.82, 2.24) is 18.7 Å². The summed E-state index contributed by atoms with van der Waals surface area (Å²) < 4.78 is 10.6. The lowest BCUT2D eigenvalue weighted by Crippen LogP contribution is -3.18. The Kier molecular flexibility index (Phi) is 7.96. The summed E-state index contributed by atoms with van der Waals surface area (Å²) in [7, 11) is 3.14. The van der Waals surface area contributed by atoms with Crippen molar-refractivity contribution in [2.75, 3.05) is 6.54 Å². The van der Waals surface area contributed by atoms with Crippen LogP contribution >= 0.6 is 0 Å². The lowest BCUT2D eigenvalue weighted by atomic mass is 9.91. The highest BCUT2D eigenvalue weighted by atomic mass is 35.5. The molecule has 2 aromatic heterocycles. The number of hydrogen-bond donors (Lipinski definition) is 1. The molecule has 1 N–H and O–H groups in total. The number of imidazole rings is 1. The van der Waals surface area contributed by atoms with E-state index in [2.05, 4.69) is 4.98 Å². The van der Waals surface area contributed by atoms with E-state index < -0.39 is 5.92 Å². The molecule has 2 fully saturated rings. The van der Waals surface area contributed by atoms with Crippen LogP contribution in [-0.4, -0.2) is 49.4 Å². The number of aryl methyl sites for hydroxylation is 1. The van der Waals surface area contributed by atoms with Crippen molar-refractivity contribution in [3.8, 4) is 0 Å². The van der Waals surface area contributed by atoms with Crippen LogP contribution in [0, 0.1) is 0 Å². The largest absolute Gasteiger partial charge is 1.00 e. The molecule has 2 aliphatic rings. The third kappa shape index (κ3) is 4.99. The summed E-state index contributed by atoms with van der Waals surface area (Å²) in [6, 6.07) is 20.5. The van der Waals surface area contributed by atoms with Gasteiger partial charge in [0.2, 0.25) is 0 Å². The first-order valence-electron chi connectivity index (χ1n) is 13.7. The number of halogens is 1. The van der Waals surface area contributed by atoms with Crippen LogP contribution in [0.25, 0.3) is 11.2 Å². The Balaban J connectivity index is 0.00000323. The highest BCUT2D eigenvalue weighted by molar-refractivity contribution is 5.82. The number of piperidine rings is 1. The molecule has 0 saturated carbocycles. The van der Waals surface area contributed by atoms with Gasteiger partial charge in [0.15, 0.2) is 11.2 Å². The first-order chi connectivity index (χ1) is 18.9. The van der Waals surface area contributed by atoms with Gasteiger partial charge in [-0.15, -0.1) is 0 Å². The summed E-state index contributed by atoms with van der Waals surface area (Å²) in [6.45, 7) is 1.49. The Hall–Kier alpha value is -3.69.